The summed E-state index contributed by atoms with van der Waals surface area (Å²) in [5.41, 5.74) is 0.338. The van der Waals surface area contributed by atoms with Crippen LogP contribution in [0.4, 0.5) is 5.82 Å². The molecule has 1 saturated carbocycles. The highest BCUT2D eigenvalue weighted by atomic mass is 35.5. The molecule has 1 aliphatic carbocycles. The molecule has 9 heteroatoms. The number of halogens is 1. The third-order valence-electron chi connectivity index (χ3n) is 9.11. The molecule has 214 valence electrons. The lowest BCUT2D eigenvalue weighted by molar-refractivity contribution is -0.164. The summed E-state index contributed by atoms with van der Waals surface area (Å²) in [5, 5.41) is 16.2. The molecule has 2 aromatic rings. The second kappa shape index (κ2) is 11.6. The number of nitrogens with zero attached hydrogens (tertiary/aromatic N) is 4. The van der Waals surface area contributed by atoms with E-state index in [0.29, 0.717) is 21.9 Å². The molecule has 1 aromatic carbocycles. The summed E-state index contributed by atoms with van der Waals surface area (Å²) in [6.45, 7) is 15.9. The quantitative estimate of drug-likeness (QED) is 0.516. The number of carbonyl (C=O) groups excluding carboxylic acids is 1. The Bertz CT molecular complexity index is 1230. The van der Waals surface area contributed by atoms with Gasteiger partial charge in [-0.25, -0.2) is 4.98 Å². The first-order valence-electron chi connectivity index (χ1n) is 14.4. The van der Waals surface area contributed by atoms with Gasteiger partial charge in [0.2, 0.25) is 0 Å². The van der Waals surface area contributed by atoms with E-state index in [1.807, 2.05) is 12.1 Å². The van der Waals surface area contributed by atoms with Crippen LogP contribution in [0.1, 0.15) is 56.5 Å². The number of ether oxygens (including phenoxy) is 1. The second-order valence-corrected chi connectivity index (χ2v) is 13.1. The van der Waals surface area contributed by atoms with Gasteiger partial charge in [0.05, 0.1) is 16.1 Å². The van der Waals surface area contributed by atoms with Gasteiger partial charge in [0.1, 0.15) is 23.7 Å². The van der Waals surface area contributed by atoms with E-state index in [2.05, 4.69) is 59.2 Å². The number of amides is 1. The number of pyridine rings is 1. The van der Waals surface area contributed by atoms with E-state index < -0.39 is 0 Å². The van der Waals surface area contributed by atoms with Crippen molar-refractivity contribution in [1.82, 2.24) is 20.5 Å². The molecule has 2 aliphatic heterocycles. The van der Waals surface area contributed by atoms with Gasteiger partial charge in [0.25, 0.3) is 5.91 Å². The molecule has 5 rings (SSSR count). The van der Waals surface area contributed by atoms with Crippen molar-refractivity contribution in [1.29, 1.82) is 5.26 Å². The van der Waals surface area contributed by atoms with Crippen molar-refractivity contribution in [3.05, 3.63) is 52.7 Å². The molecule has 40 heavy (non-hydrogen) atoms. The molecule has 0 bridgehead atoms. The zero-order valence-corrected chi connectivity index (χ0v) is 24.8. The molecule has 3 fully saturated rings. The zero-order valence-electron chi connectivity index (χ0n) is 24.0. The number of benzene rings is 1. The number of nitriles is 1. The van der Waals surface area contributed by atoms with Crippen LogP contribution in [0.15, 0.2) is 36.5 Å². The molecule has 8 nitrogen and oxygen atoms in total. The Kier molecular flexibility index (Phi) is 8.28. The Hall–Kier alpha value is -2.86. The summed E-state index contributed by atoms with van der Waals surface area (Å²) in [4.78, 5) is 22.8. The normalized spacial score (nSPS) is 24.6. The first-order chi connectivity index (χ1) is 19.1. The summed E-state index contributed by atoms with van der Waals surface area (Å²) in [7, 11) is 0. The fourth-order valence-electron chi connectivity index (χ4n) is 7.11. The molecule has 3 heterocycles. The number of hydrogen-bond donors (Lipinski definition) is 2. The number of piperazine rings is 1. The van der Waals surface area contributed by atoms with Crippen molar-refractivity contribution < 1.29 is 9.53 Å². The van der Waals surface area contributed by atoms with E-state index in [9.17, 15) is 4.79 Å². The van der Waals surface area contributed by atoms with Gasteiger partial charge in [0.15, 0.2) is 0 Å². The van der Waals surface area contributed by atoms with E-state index in [1.165, 1.54) is 19.4 Å². The predicted octanol–water partition coefficient (Wildman–Crippen LogP) is 4.34. The molecular weight excluding hydrogens is 524 g/mol. The highest BCUT2D eigenvalue weighted by Crippen LogP contribution is 2.55. The molecule has 0 spiro atoms. The van der Waals surface area contributed by atoms with Crippen LogP contribution in [0.3, 0.4) is 0 Å². The van der Waals surface area contributed by atoms with Gasteiger partial charge >= 0.3 is 0 Å². The first-order valence-corrected chi connectivity index (χ1v) is 14.8. The molecule has 0 unspecified atom stereocenters. The molecule has 2 N–H and O–H groups in total. The average Bonchev–Trinajstić information content (AvgIpc) is 2.95. The maximum Gasteiger partial charge on any atom is 0.253 e. The summed E-state index contributed by atoms with van der Waals surface area (Å²) >= 11 is 6.21. The zero-order chi connectivity index (χ0) is 28.5. The van der Waals surface area contributed by atoms with Gasteiger partial charge in [-0.3, -0.25) is 9.69 Å². The molecule has 1 amide bonds. The summed E-state index contributed by atoms with van der Waals surface area (Å²) < 4.78 is 6.34. The van der Waals surface area contributed by atoms with Crippen LogP contribution in [0.2, 0.25) is 5.02 Å². The minimum absolute atomic E-state index is 0.0981. The van der Waals surface area contributed by atoms with Crippen molar-refractivity contribution in [2.75, 3.05) is 50.7 Å². The number of aromatic nitrogens is 1. The van der Waals surface area contributed by atoms with Crippen molar-refractivity contribution >= 4 is 23.3 Å². The summed E-state index contributed by atoms with van der Waals surface area (Å²) in [5.74, 6) is 2.23. The van der Waals surface area contributed by atoms with E-state index in [4.69, 9.17) is 21.6 Å². The third-order valence-corrected chi connectivity index (χ3v) is 9.42. The van der Waals surface area contributed by atoms with Gasteiger partial charge in [0, 0.05) is 61.9 Å². The van der Waals surface area contributed by atoms with Gasteiger partial charge in [-0.15, -0.1) is 0 Å². The Morgan fingerprint density at radius 1 is 1.12 bits per heavy atom. The van der Waals surface area contributed by atoms with Crippen molar-refractivity contribution in [2.45, 2.75) is 52.7 Å². The van der Waals surface area contributed by atoms with Crippen LogP contribution in [0, 0.1) is 28.1 Å². The van der Waals surface area contributed by atoms with Crippen LogP contribution in [0.25, 0.3) is 0 Å². The first kappa shape index (κ1) is 28.7. The number of rotatable bonds is 7. The Labute approximate surface area is 243 Å². The van der Waals surface area contributed by atoms with Crippen molar-refractivity contribution in [3.8, 4) is 11.8 Å². The fourth-order valence-corrected chi connectivity index (χ4v) is 7.32. The molecule has 0 atom stereocenters. The van der Waals surface area contributed by atoms with Crippen LogP contribution in [-0.4, -0.2) is 73.8 Å². The van der Waals surface area contributed by atoms with Crippen LogP contribution in [0.5, 0.6) is 5.75 Å². The van der Waals surface area contributed by atoms with E-state index in [-0.39, 0.29) is 28.9 Å². The van der Waals surface area contributed by atoms with E-state index >= 15 is 0 Å². The maximum atomic E-state index is 13.3. The topological polar surface area (TPSA) is 93.5 Å². The van der Waals surface area contributed by atoms with E-state index in [0.717, 1.165) is 51.0 Å². The summed E-state index contributed by atoms with van der Waals surface area (Å²) in [6, 6.07) is 10.9. The van der Waals surface area contributed by atoms with Gasteiger partial charge < -0.3 is 20.3 Å². The number of hydrogen-bond acceptors (Lipinski definition) is 7. The lowest BCUT2D eigenvalue weighted by Crippen LogP contribution is -2.74. The molecule has 2 saturated heterocycles. The summed E-state index contributed by atoms with van der Waals surface area (Å²) in [6.07, 6.45) is 4.10. The van der Waals surface area contributed by atoms with Gasteiger partial charge in [-0.1, -0.05) is 39.3 Å². The number of piperidine rings is 1. The lowest BCUT2D eigenvalue weighted by Gasteiger charge is -2.63. The number of carbonyl (C=O) groups is 1. The molecule has 0 radical (unpaired) electrons. The van der Waals surface area contributed by atoms with Crippen molar-refractivity contribution in [3.63, 3.8) is 0 Å². The largest absolute Gasteiger partial charge is 0.489 e. The highest BCUT2D eigenvalue weighted by Gasteiger charge is 2.64. The van der Waals surface area contributed by atoms with Crippen LogP contribution in [-0.2, 0) is 0 Å². The van der Waals surface area contributed by atoms with E-state index in [1.54, 1.807) is 24.4 Å². The SMILES string of the molecule is CC1(C)[C@H](NC(=O)c2ccc(N3CCN(CC4CCNCC4)CC3)nc2)C(C)(C)[C@H]1Oc1ccc(C#N)c(Cl)c1. The highest BCUT2D eigenvalue weighted by molar-refractivity contribution is 6.31. The van der Waals surface area contributed by atoms with Crippen LogP contribution < -0.4 is 20.3 Å². The standard InChI is InChI=1S/C31H41ClN6O2/c1-30(2)28(31(3,4)29(30)40-24-7-5-22(18-33)25(32)17-24)36-27(39)23-6-8-26(35-19-23)38-15-13-37(14-16-38)20-21-9-11-34-12-10-21/h5-8,17,19,21,28-29,34H,9-16,20H2,1-4H3,(H,36,39)/t28-,29-. The van der Waals surface area contributed by atoms with Gasteiger partial charge in [-0.2, -0.15) is 5.26 Å². The molecular formula is C31H41ClN6O2. The lowest BCUT2D eigenvalue weighted by atomic mass is 9.49. The number of nitrogens with one attached hydrogen (secondary N) is 2. The monoisotopic (exact) mass is 564 g/mol. The Morgan fingerprint density at radius 3 is 2.42 bits per heavy atom. The van der Waals surface area contributed by atoms with Gasteiger partial charge in [-0.05, 0) is 56.1 Å². The number of anilines is 1. The molecule has 3 aliphatic rings. The second-order valence-electron chi connectivity index (χ2n) is 12.7. The van der Waals surface area contributed by atoms with Crippen molar-refractivity contribution in [2.24, 2.45) is 16.7 Å². The smallest absolute Gasteiger partial charge is 0.253 e. The fraction of sp³-hybridized carbons (Fsp3) is 0.581. The Balaban J connectivity index is 1.15. The maximum absolute atomic E-state index is 13.3. The minimum Gasteiger partial charge on any atom is -0.489 e. The predicted molar refractivity (Wildman–Crippen MR) is 158 cm³/mol. The molecule has 1 aromatic heterocycles. The van der Waals surface area contributed by atoms with Crippen LogP contribution >= 0.6 is 11.6 Å². The average molecular weight is 565 g/mol. The minimum atomic E-state index is -0.319. The Morgan fingerprint density at radius 2 is 1.82 bits per heavy atom. The third kappa shape index (κ3) is 5.79.